The van der Waals surface area contributed by atoms with E-state index in [-0.39, 0.29) is 17.8 Å². The zero-order chi connectivity index (χ0) is 12.6. The molecule has 3 nitrogen and oxygen atoms in total. The first kappa shape index (κ1) is 12.2. The number of rotatable bonds is 5. The van der Waals surface area contributed by atoms with Crippen molar-refractivity contribution in [1.29, 1.82) is 0 Å². The monoisotopic (exact) mass is 266 g/mol. The normalized spacial score (nSPS) is 33.3. The smallest absolute Gasteiger partial charge is 0.270 e. The van der Waals surface area contributed by atoms with E-state index in [4.69, 9.17) is 4.18 Å². The molecule has 0 spiro atoms. The van der Waals surface area contributed by atoms with Crippen LogP contribution in [-0.4, -0.2) is 20.3 Å². The van der Waals surface area contributed by atoms with E-state index < -0.39 is 10.1 Å². The molecular formula is C14H18O3S. The van der Waals surface area contributed by atoms with Crippen molar-refractivity contribution < 1.29 is 12.6 Å². The van der Waals surface area contributed by atoms with Gasteiger partial charge in [0, 0.05) is 0 Å². The second-order valence-electron chi connectivity index (χ2n) is 5.30. The van der Waals surface area contributed by atoms with E-state index in [9.17, 15) is 8.42 Å². The maximum absolute atomic E-state index is 12.1. The fourth-order valence-electron chi connectivity index (χ4n) is 3.12. The molecule has 0 aromatic rings. The summed E-state index contributed by atoms with van der Waals surface area (Å²) in [7, 11) is -3.39. The lowest BCUT2D eigenvalue weighted by molar-refractivity contribution is 0.312. The van der Waals surface area contributed by atoms with E-state index in [0.29, 0.717) is 12.3 Å². The lowest BCUT2D eigenvalue weighted by Crippen LogP contribution is -2.27. The topological polar surface area (TPSA) is 43.4 Å². The van der Waals surface area contributed by atoms with Crippen molar-refractivity contribution in [2.45, 2.75) is 30.9 Å². The third-order valence-corrected chi connectivity index (χ3v) is 5.85. The van der Waals surface area contributed by atoms with E-state index in [1.54, 1.807) is 0 Å². The highest BCUT2D eigenvalue weighted by atomic mass is 32.2. The van der Waals surface area contributed by atoms with E-state index >= 15 is 0 Å². The van der Waals surface area contributed by atoms with E-state index in [1.807, 2.05) is 12.2 Å². The summed E-state index contributed by atoms with van der Waals surface area (Å²) in [5, 5.41) is -0.305. The van der Waals surface area contributed by atoms with Crippen LogP contribution in [-0.2, 0) is 14.3 Å². The van der Waals surface area contributed by atoms with Gasteiger partial charge in [-0.05, 0) is 43.1 Å². The van der Waals surface area contributed by atoms with Gasteiger partial charge < -0.3 is 0 Å². The first-order chi connectivity index (χ1) is 8.65. The summed E-state index contributed by atoms with van der Waals surface area (Å²) in [4.78, 5) is 0. The second kappa shape index (κ2) is 4.67. The Balaban J connectivity index is 1.55. The van der Waals surface area contributed by atoms with Crippen LogP contribution in [0.1, 0.15) is 25.7 Å². The number of fused-ring (bicyclic) bond motifs is 2. The molecule has 0 aliphatic heterocycles. The van der Waals surface area contributed by atoms with Crippen molar-refractivity contribution in [3.63, 3.8) is 0 Å². The van der Waals surface area contributed by atoms with Crippen molar-refractivity contribution in [1.82, 2.24) is 0 Å². The molecule has 3 unspecified atom stereocenters. The molecule has 0 aromatic heterocycles. The number of hydrogen-bond acceptors (Lipinski definition) is 3. The van der Waals surface area contributed by atoms with Gasteiger partial charge in [-0.1, -0.05) is 30.4 Å². The summed E-state index contributed by atoms with van der Waals surface area (Å²) in [5.41, 5.74) is 1.18. The summed E-state index contributed by atoms with van der Waals surface area (Å²) in [6.07, 6.45) is 13.8. The average molecular weight is 266 g/mol. The molecule has 0 aromatic carbocycles. The summed E-state index contributed by atoms with van der Waals surface area (Å²) < 4.78 is 29.4. The van der Waals surface area contributed by atoms with Gasteiger partial charge in [-0.3, -0.25) is 4.18 Å². The molecule has 3 rings (SSSR count). The minimum absolute atomic E-state index is 0.186. The minimum Gasteiger partial charge on any atom is -0.270 e. The lowest BCUT2D eigenvalue weighted by atomic mass is 10.1. The van der Waals surface area contributed by atoms with Crippen LogP contribution in [0.5, 0.6) is 0 Å². The van der Waals surface area contributed by atoms with Crippen molar-refractivity contribution in [3.05, 3.63) is 36.0 Å². The van der Waals surface area contributed by atoms with Crippen molar-refractivity contribution in [2.75, 3.05) is 6.61 Å². The molecule has 3 aliphatic carbocycles. The Labute approximate surface area is 108 Å². The molecule has 98 valence electrons. The molecule has 0 amide bonds. The molecule has 2 bridgehead atoms. The third-order valence-electron chi connectivity index (χ3n) is 4.08. The standard InChI is InChI=1S/C14H18O3S/c15-18(16,14-10-12-5-6-13(14)9-12)17-8-7-11-3-1-2-4-11/h1,3-6,12-14H,2,7-10H2. The lowest BCUT2D eigenvalue weighted by Gasteiger charge is -2.18. The maximum atomic E-state index is 12.1. The summed E-state index contributed by atoms with van der Waals surface area (Å²) in [5.74, 6) is 0.643. The van der Waals surface area contributed by atoms with Crippen LogP contribution in [0.4, 0.5) is 0 Å². The van der Waals surface area contributed by atoms with Gasteiger partial charge in [-0.15, -0.1) is 0 Å². The van der Waals surface area contributed by atoms with Gasteiger partial charge in [0.15, 0.2) is 0 Å². The van der Waals surface area contributed by atoms with Crippen LogP contribution in [0, 0.1) is 11.8 Å². The Bertz CT molecular complexity index is 513. The van der Waals surface area contributed by atoms with E-state index in [2.05, 4.69) is 18.2 Å². The highest BCUT2D eigenvalue weighted by molar-refractivity contribution is 7.87. The zero-order valence-corrected chi connectivity index (χ0v) is 11.1. The molecule has 0 N–H and O–H groups in total. The SMILES string of the molecule is O=S(=O)(OCCC1=CCC=C1)C1CC2C=CC1C2. The number of allylic oxidation sites excluding steroid dienone is 5. The Morgan fingerprint density at radius 2 is 2.17 bits per heavy atom. The fraction of sp³-hybridized carbons (Fsp3) is 0.571. The Morgan fingerprint density at radius 1 is 1.28 bits per heavy atom. The van der Waals surface area contributed by atoms with Gasteiger partial charge >= 0.3 is 0 Å². The predicted molar refractivity (Wildman–Crippen MR) is 70.5 cm³/mol. The Kier molecular flexibility index (Phi) is 3.16. The first-order valence-corrected chi connectivity index (χ1v) is 8.04. The Morgan fingerprint density at radius 3 is 2.78 bits per heavy atom. The molecular weight excluding hydrogens is 248 g/mol. The van der Waals surface area contributed by atoms with Crippen LogP contribution >= 0.6 is 0 Å². The molecule has 18 heavy (non-hydrogen) atoms. The predicted octanol–water partition coefficient (Wildman–Crippen LogP) is 2.57. The van der Waals surface area contributed by atoms with E-state index in [1.165, 1.54) is 5.57 Å². The van der Waals surface area contributed by atoms with Crippen LogP contribution in [0.2, 0.25) is 0 Å². The molecule has 4 heteroatoms. The van der Waals surface area contributed by atoms with Gasteiger partial charge in [0.05, 0.1) is 11.9 Å². The second-order valence-corrected chi connectivity index (χ2v) is 7.13. The maximum Gasteiger partial charge on any atom is 0.270 e. The van der Waals surface area contributed by atoms with Crippen molar-refractivity contribution >= 4 is 10.1 Å². The average Bonchev–Trinajstić information content (AvgIpc) is 3.05. The molecule has 0 saturated heterocycles. The van der Waals surface area contributed by atoms with Crippen molar-refractivity contribution in [3.8, 4) is 0 Å². The van der Waals surface area contributed by atoms with E-state index in [0.717, 1.165) is 19.3 Å². The molecule has 3 atom stereocenters. The quantitative estimate of drug-likeness (QED) is 0.567. The summed E-state index contributed by atoms with van der Waals surface area (Å²) in [6.45, 7) is 0.274. The summed E-state index contributed by atoms with van der Waals surface area (Å²) >= 11 is 0. The van der Waals surface area contributed by atoms with Crippen LogP contribution in [0.15, 0.2) is 36.0 Å². The van der Waals surface area contributed by atoms with Gasteiger partial charge in [0.2, 0.25) is 0 Å². The van der Waals surface area contributed by atoms with Crippen molar-refractivity contribution in [2.24, 2.45) is 11.8 Å². The first-order valence-electron chi connectivity index (χ1n) is 6.57. The molecule has 1 fully saturated rings. The highest BCUT2D eigenvalue weighted by Gasteiger charge is 2.43. The largest absolute Gasteiger partial charge is 0.270 e. The van der Waals surface area contributed by atoms with Crippen LogP contribution < -0.4 is 0 Å². The molecule has 1 saturated carbocycles. The van der Waals surface area contributed by atoms with Gasteiger partial charge in [0.1, 0.15) is 0 Å². The highest BCUT2D eigenvalue weighted by Crippen LogP contribution is 2.42. The minimum atomic E-state index is -3.39. The third kappa shape index (κ3) is 2.31. The number of hydrogen-bond donors (Lipinski definition) is 0. The van der Waals surface area contributed by atoms with Gasteiger partial charge in [-0.25, -0.2) is 0 Å². The fourth-order valence-corrected chi connectivity index (χ4v) is 4.72. The van der Waals surface area contributed by atoms with Gasteiger partial charge in [0.25, 0.3) is 10.1 Å². The van der Waals surface area contributed by atoms with Gasteiger partial charge in [-0.2, -0.15) is 8.42 Å². The molecule has 3 aliphatic rings. The van der Waals surface area contributed by atoms with Crippen LogP contribution in [0.25, 0.3) is 0 Å². The summed E-state index contributed by atoms with van der Waals surface area (Å²) in [6, 6.07) is 0. The molecule has 0 radical (unpaired) electrons. The molecule has 0 heterocycles. The van der Waals surface area contributed by atoms with Crippen LogP contribution in [0.3, 0.4) is 0 Å². The Hall–Kier alpha value is -0.870. The zero-order valence-electron chi connectivity index (χ0n) is 10.3.